The van der Waals surface area contributed by atoms with Crippen molar-refractivity contribution in [2.45, 2.75) is 19.3 Å². The van der Waals surface area contributed by atoms with Crippen LogP contribution in [0.1, 0.15) is 16.7 Å². The van der Waals surface area contributed by atoms with E-state index in [1.165, 1.54) is 31.3 Å². The second kappa shape index (κ2) is 12.2. The van der Waals surface area contributed by atoms with E-state index in [1.54, 1.807) is 22.8 Å². The quantitative estimate of drug-likeness (QED) is 0.128. The number of fused-ring (bicyclic) bond motifs is 3. The molecule has 0 unspecified atom stereocenters. The van der Waals surface area contributed by atoms with Crippen molar-refractivity contribution in [2.75, 3.05) is 0 Å². The number of ether oxygens (including phenoxy) is 1. The fraction of sp³-hybridized carbons (Fsp3) is 0.0857. The summed E-state index contributed by atoms with van der Waals surface area (Å²) in [5.41, 5.74) is -2.86. The number of nitrogens with zero attached hydrogens (tertiary/aromatic N) is 4. The third-order valence-corrected chi connectivity index (χ3v) is 7.48. The van der Waals surface area contributed by atoms with E-state index >= 15 is 0 Å². The van der Waals surface area contributed by atoms with Gasteiger partial charge in [-0.2, -0.15) is 43.6 Å². The standard InChI is InChI=1S/C35H19F7N4O.Pt/c1-20-13-28(34(37,38)39)33(29(14-20)35(40,41)42)21-18-44-45(19-21)23-5-4-6-24(16-23)47-25-9-10-27-26-7-2-3-8-30(26)46(31(27)17-25)32-15-22(36)11-12-43-32;/h2-15,18-19H,1H3;/q-2;+2. The Hall–Kier alpha value is -4.96. The van der Waals surface area contributed by atoms with Gasteiger partial charge in [-0.15, -0.1) is 35.7 Å². The molecule has 13 heteroatoms. The van der Waals surface area contributed by atoms with Crippen LogP contribution in [0, 0.1) is 24.9 Å². The Balaban J connectivity index is 0.00000401. The van der Waals surface area contributed by atoms with E-state index in [-0.39, 0.29) is 49.4 Å². The minimum absolute atomic E-state index is 0. The molecule has 0 N–H and O–H groups in total. The van der Waals surface area contributed by atoms with E-state index in [0.29, 0.717) is 23.5 Å². The summed E-state index contributed by atoms with van der Waals surface area (Å²) in [5, 5.41) is 5.74. The predicted molar refractivity (Wildman–Crippen MR) is 160 cm³/mol. The first kappa shape index (κ1) is 33.0. The molecule has 4 aromatic carbocycles. The Morgan fingerprint density at radius 2 is 1.48 bits per heavy atom. The number of hydrogen-bond donors (Lipinski definition) is 0. The summed E-state index contributed by atoms with van der Waals surface area (Å²) in [7, 11) is 0. The van der Waals surface area contributed by atoms with E-state index in [1.807, 2.05) is 30.3 Å². The second-order valence-electron chi connectivity index (χ2n) is 10.7. The Morgan fingerprint density at radius 1 is 0.771 bits per heavy atom. The average molecular weight is 840 g/mol. The Kier molecular flexibility index (Phi) is 8.41. The molecule has 0 aliphatic heterocycles. The molecule has 48 heavy (non-hydrogen) atoms. The fourth-order valence-corrected chi connectivity index (χ4v) is 5.56. The summed E-state index contributed by atoms with van der Waals surface area (Å²) in [6.45, 7) is 1.17. The molecule has 0 saturated heterocycles. The van der Waals surface area contributed by atoms with Crippen LogP contribution in [0.15, 0.2) is 97.5 Å². The number of alkyl halides is 6. The molecule has 5 nitrogen and oxygen atoms in total. The maximum absolute atomic E-state index is 14.2. The summed E-state index contributed by atoms with van der Waals surface area (Å²) in [6, 6.07) is 25.7. The van der Waals surface area contributed by atoms with E-state index < -0.39 is 34.9 Å². The zero-order valence-corrected chi connectivity index (χ0v) is 26.7. The van der Waals surface area contributed by atoms with Gasteiger partial charge < -0.3 is 9.30 Å². The molecule has 3 aromatic heterocycles. The second-order valence-corrected chi connectivity index (χ2v) is 10.7. The van der Waals surface area contributed by atoms with Crippen LogP contribution in [-0.4, -0.2) is 19.3 Å². The minimum Gasteiger partial charge on any atom is -0.509 e. The van der Waals surface area contributed by atoms with Gasteiger partial charge in [0.2, 0.25) is 0 Å². The van der Waals surface area contributed by atoms with Gasteiger partial charge in [0.1, 0.15) is 11.6 Å². The molecule has 0 aliphatic rings. The molecule has 0 atom stereocenters. The van der Waals surface area contributed by atoms with Crippen molar-refractivity contribution in [3.63, 3.8) is 0 Å². The number of rotatable bonds is 5. The summed E-state index contributed by atoms with van der Waals surface area (Å²) < 4.78 is 107. The maximum Gasteiger partial charge on any atom is 2.00 e. The molecular formula is C35H19F7N4OPt. The van der Waals surface area contributed by atoms with Crippen LogP contribution < -0.4 is 4.74 Å². The van der Waals surface area contributed by atoms with Gasteiger partial charge in [0.25, 0.3) is 0 Å². The molecular weight excluding hydrogens is 820 g/mol. The fourth-order valence-electron chi connectivity index (χ4n) is 5.56. The zero-order valence-electron chi connectivity index (χ0n) is 24.4. The zero-order chi connectivity index (χ0) is 33.1. The van der Waals surface area contributed by atoms with Crippen molar-refractivity contribution in [3.05, 3.63) is 132 Å². The summed E-state index contributed by atoms with van der Waals surface area (Å²) in [6.07, 6.45) is -6.71. The minimum atomic E-state index is -5.04. The van der Waals surface area contributed by atoms with Gasteiger partial charge >= 0.3 is 33.4 Å². The first-order valence-electron chi connectivity index (χ1n) is 14.0. The van der Waals surface area contributed by atoms with E-state index in [9.17, 15) is 30.7 Å². The third-order valence-electron chi connectivity index (χ3n) is 7.48. The number of hydrogen-bond acceptors (Lipinski definition) is 3. The molecule has 7 rings (SSSR count). The summed E-state index contributed by atoms with van der Waals surface area (Å²) in [5.74, 6) is 0.303. The van der Waals surface area contributed by atoms with E-state index in [4.69, 9.17) is 4.74 Å². The molecule has 0 bridgehead atoms. The topological polar surface area (TPSA) is 44.9 Å². The molecule has 0 fully saturated rings. The number of aromatic nitrogens is 4. The molecule has 0 radical (unpaired) electrons. The van der Waals surface area contributed by atoms with Crippen LogP contribution in [-0.2, 0) is 33.4 Å². The van der Waals surface area contributed by atoms with Crippen LogP contribution in [0.4, 0.5) is 30.7 Å². The molecule has 0 aliphatic carbocycles. The van der Waals surface area contributed by atoms with Gasteiger partial charge in [0.15, 0.2) is 0 Å². The van der Waals surface area contributed by atoms with Crippen molar-refractivity contribution < 1.29 is 56.5 Å². The summed E-state index contributed by atoms with van der Waals surface area (Å²) in [4.78, 5) is 4.33. The Bertz CT molecular complexity index is 2270. The first-order chi connectivity index (χ1) is 22.4. The molecule has 3 heterocycles. The third kappa shape index (κ3) is 6.08. The van der Waals surface area contributed by atoms with Crippen LogP contribution in [0.5, 0.6) is 11.5 Å². The van der Waals surface area contributed by atoms with Crippen LogP contribution in [0.2, 0.25) is 0 Å². The van der Waals surface area contributed by atoms with Gasteiger partial charge in [-0.1, -0.05) is 23.7 Å². The van der Waals surface area contributed by atoms with Gasteiger partial charge in [0, 0.05) is 46.6 Å². The van der Waals surface area contributed by atoms with Gasteiger partial charge in [-0.05, 0) is 47.8 Å². The number of pyridine rings is 1. The molecule has 0 saturated carbocycles. The van der Waals surface area contributed by atoms with Crippen molar-refractivity contribution in [1.29, 1.82) is 0 Å². The monoisotopic (exact) mass is 839 g/mol. The Labute approximate surface area is 282 Å². The molecule has 0 spiro atoms. The van der Waals surface area contributed by atoms with Crippen LogP contribution in [0.3, 0.4) is 0 Å². The predicted octanol–water partition coefficient (Wildman–Crippen LogP) is 9.91. The van der Waals surface area contributed by atoms with Crippen LogP contribution >= 0.6 is 0 Å². The smallest absolute Gasteiger partial charge is 0.509 e. The van der Waals surface area contributed by atoms with Crippen molar-refractivity contribution >= 4 is 21.8 Å². The SMILES string of the molecule is Cc1cc(C(F)(F)F)c(-c2cnn(-c3[c-]c(Oc4[c-]c5c(cc4)c4ccccc4n5-c4cc(F)ccn4)ccc3)c2)c(C(F)(F)F)c1.[Pt+2]. The number of para-hydroxylation sites is 1. The first-order valence-corrected chi connectivity index (χ1v) is 14.0. The van der Waals surface area contributed by atoms with Crippen molar-refractivity contribution in [3.8, 4) is 34.1 Å². The largest absolute Gasteiger partial charge is 2.00 e. The normalized spacial score (nSPS) is 12.0. The van der Waals surface area contributed by atoms with Crippen LogP contribution in [0.25, 0.3) is 44.4 Å². The Morgan fingerprint density at radius 3 is 2.19 bits per heavy atom. The number of aryl methyl sites for hydroxylation is 1. The average Bonchev–Trinajstić information content (AvgIpc) is 3.63. The maximum atomic E-state index is 14.2. The van der Waals surface area contributed by atoms with E-state index in [2.05, 4.69) is 22.2 Å². The number of benzene rings is 4. The van der Waals surface area contributed by atoms with Crippen molar-refractivity contribution in [1.82, 2.24) is 19.3 Å². The van der Waals surface area contributed by atoms with Gasteiger partial charge in [-0.25, -0.2) is 9.37 Å². The molecule has 0 amide bonds. The van der Waals surface area contributed by atoms with E-state index in [0.717, 1.165) is 33.4 Å². The van der Waals surface area contributed by atoms with Gasteiger partial charge in [0.05, 0.1) is 17.3 Å². The summed E-state index contributed by atoms with van der Waals surface area (Å²) >= 11 is 0. The van der Waals surface area contributed by atoms with Gasteiger partial charge in [-0.3, -0.25) is 4.68 Å². The number of halogens is 7. The molecule has 7 aromatic rings. The molecule has 244 valence electrons. The van der Waals surface area contributed by atoms with Crippen molar-refractivity contribution in [2.24, 2.45) is 0 Å².